The van der Waals surface area contributed by atoms with Gasteiger partial charge < -0.3 is 20.3 Å². The summed E-state index contributed by atoms with van der Waals surface area (Å²) in [6.07, 6.45) is -1.82. The Bertz CT molecular complexity index is 1200. The minimum Gasteiger partial charge on any atom is -0.406 e. The van der Waals surface area contributed by atoms with Crippen LogP contribution in [0.5, 0.6) is 5.75 Å². The summed E-state index contributed by atoms with van der Waals surface area (Å²) in [6, 6.07) is 11.9. The fourth-order valence-corrected chi connectivity index (χ4v) is 3.69. The van der Waals surface area contributed by atoms with Crippen molar-refractivity contribution in [2.24, 2.45) is 11.8 Å². The summed E-state index contributed by atoms with van der Waals surface area (Å²) in [5, 5.41) is 14.9. The van der Waals surface area contributed by atoms with Gasteiger partial charge in [0.2, 0.25) is 11.8 Å². The van der Waals surface area contributed by atoms with E-state index in [1.165, 1.54) is 29.9 Å². The molecule has 0 radical (unpaired) electrons. The van der Waals surface area contributed by atoms with Crippen LogP contribution in [0.4, 0.5) is 18.9 Å². The number of hydrogen-bond acceptors (Lipinski definition) is 5. The second-order valence-corrected chi connectivity index (χ2v) is 9.50. The number of benzene rings is 2. The summed E-state index contributed by atoms with van der Waals surface area (Å²) in [4.78, 5) is 38.6. The predicted octanol–water partition coefficient (Wildman–Crippen LogP) is 4.76. The van der Waals surface area contributed by atoms with E-state index in [1.54, 1.807) is 24.3 Å². The molecule has 8 nitrogen and oxygen atoms in total. The zero-order valence-corrected chi connectivity index (χ0v) is 21.2. The van der Waals surface area contributed by atoms with E-state index in [1.807, 2.05) is 6.07 Å². The summed E-state index contributed by atoms with van der Waals surface area (Å²) < 4.78 is 40.9. The monoisotopic (exact) mass is 550 g/mol. The summed E-state index contributed by atoms with van der Waals surface area (Å²) in [5.41, 5.74) is 0.365. The Labute approximate surface area is 222 Å². The van der Waals surface area contributed by atoms with Gasteiger partial charge in [0, 0.05) is 22.8 Å². The number of anilines is 1. The van der Waals surface area contributed by atoms with Crippen molar-refractivity contribution in [2.45, 2.75) is 38.6 Å². The number of amides is 3. The van der Waals surface area contributed by atoms with Gasteiger partial charge >= 0.3 is 6.36 Å². The van der Waals surface area contributed by atoms with Crippen LogP contribution in [0, 0.1) is 23.2 Å². The molecular formula is C26H26ClF3N4O4. The van der Waals surface area contributed by atoms with Crippen LogP contribution in [0.1, 0.15) is 36.5 Å². The summed E-state index contributed by atoms with van der Waals surface area (Å²) in [6.45, 7) is 1.74. The lowest BCUT2D eigenvalue weighted by Gasteiger charge is -2.20. The van der Waals surface area contributed by atoms with E-state index in [4.69, 9.17) is 11.6 Å². The Balaban J connectivity index is 0.000000912. The fourth-order valence-electron chi connectivity index (χ4n) is 3.56. The van der Waals surface area contributed by atoms with Gasteiger partial charge in [0.1, 0.15) is 11.8 Å². The van der Waals surface area contributed by atoms with E-state index >= 15 is 0 Å². The summed E-state index contributed by atoms with van der Waals surface area (Å²) >= 11 is 5.82. The Morgan fingerprint density at radius 2 is 1.82 bits per heavy atom. The minimum atomic E-state index is -4.91. The van der Waals surface area contributed by atoms with E-state index in [-0.39, 0.29) is 24.4 Å². The smallest absolute Gasteiger partial charge is 0.406 e. The maximum atomic E-state index is 12.6. The van der Waals surface area contributed by atoms with E-state index in [9.17, 15) is 32.8 Å². The number of ether oxygens (including phenoxy) is 1. The Morgan fingerprint density at radius 3 is 2.39 bits per heavy atom. The van der Waals surface area contributed by atoms with Gasteiger partial charge in [-0.25, -0.2) is 0 Å². The molecule has 2 aromatic carbocycles. The van der Waals surface area contributed by atoms with Crippen LogP contribution >= 0.6 is 11.6 Å². The Kier molecular flexibility index (Phi) is 9.58. The van der Waals surface area contributed by atoms with Gasteiger partial charge in [-0.2, -0.15) is 5.26 Å². The van der Waals surface area contributed by atoms with Crippen LogP contribution in [-0.2, 0) is 9.59 Å². The molecular weight excluding hydrogens is 525 g/mol. The standard InChI is InChI=1S/C22H18ClF3N4O4.C4H8/c23-15-4-6-16(7-5-15)29-21(33)14-8-17(10-27)30(12-14)19(31)11-28-20(32)13-2-1-3-18(9-13)34-22(24,25)26;1-4-2-3-4/h1-7,9,14,17H,8,11-12H2,(H,28,32)(H,29,33);4H,2-3H2,1H3. The highest BCUT2D eigenvalue weighted by Gasteiger charge is 2.39. The molecule has 12 heteroatoms. The van der Waals surface area contributed by atoms with Crippen molar-refractivity contribution in [1.82, 2.24) is 10.2 Å². The first kappa shape index (κ1) is 28.8. The minimum absolute atomic E-state index is 0.0265. The maximum absolute atomic E-state index is 12.6. The number of nitrogens with one attached hydrogen (secondary N) is 2. The zero-order chi connectivity index (χ0) is 27.9. The second kappa shape index (κ2) is 12.6. The molecule has 38 heavy (non-hydrogen) atoms. The molecule has 1 heterocycles. The number of halogens is 4. The number of rotatable bonds is 6. The van der Waals surface area contributed by atoms with Gasteiger partial charge in [0.05, 0.1) is 18.5 Å². The quantitative estimate of drug-likeness (QED) is 0.538. The first-order valence-electron chi connectivity index (χ1n) is 11.8. The molecule has 1 saturated carbocycles. The van der Waals surface area contributed by atoms with Gasteiger partial charge in [0.15, 0.2) is 0 Å². The molecule has 1 saturated heterocycles. The Hall–Kier alpha value is -3.78. The van der Waals surface area contributed by atoms with Crippen molar-refractivity contribution in [2.75, 3.05) is 18.4 Å². The first-order valence-corrected chi connectivity index (χ1v) is 12.2. The number of carbonyl (C=O) groups is 3. The van der Waals surface area contributed by atoms with Crippen molar-refractivity contribution in [3.8, 4) is 11.8 Å². The first-order chi connectivity index (χ1) is 17.9. The van der Waals surface area contributed by atoms with Gasteiger partial charge in [-0.05, 0) is 54.8 Å². The second-order valence-electron chi connectivity index (χ2n) is 9.06. The average Bonchev–Trinajstić information content (AvgIpc) is 3.52. The van der Waals surface area contributed by atoms with Gasteiger partial charge in [-0.1, -0.05) is 37.4 Å². The average molecular weight is 551 g/mol. The molecule has 1 aliphatic heterocycles. The lowest BCUT2D eigenvalue weighted by atomic mass is 10.1. The topological polar surface area (TPSA) is 112 Å². The van der Waals surface area contributed by atoms with Crippen LogP contribution in [0.25, 0.3) is 0 Å². The number of hydrogen-bond donors (Lipinski definition) is 2. The van der Waals surface area contributed by atoms with E-state index < -0.39 is 42.4 Å². The molecule has 2 unspecified atom stereocenters. The summed E-state index contributed by atoms with van der Waals surface area (Å²) in [7, 11) is 0. The number of carbonyl (C=O) groups excluding carboxylic acids is 3. The molecule has 2 atom stereocenters. The van der Waals surface area contributed by atoms with Crippen molar-refractivity contribution in [1.29, 1.82) is 5.26 Å². The van der Waals surface area contributed by atoms with Crippen molar-refractivity contribution >= 4 is 35.0 Å². The molecule has 0 spiro atoms. The van der Waals surface area contributed by atoms with Gasteiger partial charge in [-0.15, -0.1) is 13.2 Å². The van der Waals surface area contributed by atoms with Crippen LogP contribution in [0.15, 0.2) is 48.5 Å². The molecule has 2 N–H and O–H groups in total. The highest BCUT2D eigenvalue weighted by atomic mass is 35.5. The molecule has 2 aliphatic rings. The molecule has 2 aromatic rings. The number of alkyl halides is 3. The van der Waals surface area contributed by atoms with Crippen molar-refractivity contribution in [3.05, 3.63) is 59.1 Å². The number of nitriles is 1. The molecule has 202 valence electrons. The number of likely N-dealkylation sites (tertiary alicyclic amines) is 1. The van der Waals surface area contributed by atoms with Crippen LogP contribution in [0.2, 0.25) is 5.02 Å². The largest absolute Gasteiger partial charge is 0.573 e. The molecule has 4 rings (SSSR count). The van der Waals surface area contributed by atoms with Crippen molar-refractivity contribution in [3.63, 3.8) is 0 Å². The zero-order valence-electron chi connectivity index (χ0n) is 20.4. The maximum Gasteiger partial charge on any atom is 0.573 e. The van der Waals surface area contributed by atoms with Crippen LogP contribution in [0.3, 0.4) is 0 Å². The highest BCUT2D eigenvalue weighted by molar-refractivity contribution is 6.30. The van der Waals surface area contributed by atoms with E-state index in [0.717, 1.165) is 18.1 Å². The SMILES string of the molecule is CC1CC1.N#CC1CC(C(=O)Nc2ccc(Cl)cc2)CN1C(=O)CNC(=O)c1cccc(OC(F)(F)F)c1. The third-order valence-electron chi connectivity index (χ3n) is 5.85. The van der Waals surface area contributed by atoms with Gasteiger partial charge in [-0.3, -0.25) is 14.4 Å². The van der Waals surface area contributed by atoms with E-state index in [0.29, 0.717) is 10.7 Å². The van der Waals surface area contributed by atoms with Gasteiger partial charge in [0.25, 0.3) is 5.91 Å². The third kappa shape index (κ3) is 8.95. The van der Waals surface area contributed by atoms with Crippen molar-refractivity contribution < 1.29 is 32.3 Å². The normalized spacial score (nSPS) is 18.5. The lowest BCUT2D eigenvalue weighted by Crippen LogP contribution is -2.42. The molecule has 3 amide bonds. The lowest BCUT2D eigenvalue weighted by molar-refractivity contribution is -0.274. The predicted molar refractivity (Wildman–Crippen MR) is 133 cm³/mol. The fraction of sp³-hybridized carbons (Fsp3) is 0.385. The highest BCUT2D eigenvalue weighted by Crippen LogP contribution is 2.27. The van der Waals surface area contributed by atoms with Crippen LogP contribution < -0.4 is 15.4 Å². The number of nitrogens with zero attached hydrogens (tertiary/aromatic N) is 2. The molecule has 0 bridgehead atoms. The summed E-state index contributed by atoms with van der Waals surface area (Å²) in [5.74, 6) is -1.92. The molecule has 2 fully saturated rings. The Morgan fingerprint density at radius 1 is 1.16 bits per heavy atom. The third-order valence-corrected chi connectivity index (χ3v) is 6.10. The van der Waals surface area contributed by atoms with Crippen LogP contribution in [-0.4, -0.2) is 48.1 Å². The van der Waals surface area contributed by atoms with E-state index in [2.05, 4.69) is 22.3 Å². The molecule has 0 aromatic heterocycles. The molecule has 1 aliphatic carbocycles.